The molecule has 1 aromatic carbocycles. The van der Waals surface area contributed by atoms with Crippen LogP contribution in [0.1, 0.15) is 36.0 Å². The first-order chi connectivity index (χ1) is 15.4. The quantitative estimate of drug-likeness (QED) is 0.641. The van der Waals surface area contributed by atoms with Crippen molar-refractivity contribution in [1.29, 1.82) is 0 Å². The Morgan fingerprint density at radius 1 is 1.22 bits per heavy atom. The molecule has 3 aliphatic rings. The molecular formula is C22H31N3O6S. The fraction of sp³-hybridized carbons (Fsp3) is 0.636. The number of nitrogens with one attached hydrogen (secondary N) is 2. The number of rotatable bonds is 6. The van der Waals surface area contributed by atoms with Gasteiger partial charge in [0.2, 0.25) is 15.9 Å². The second kappa shape index (κ2) is 9.86. The number of carbonyl (C=O) groups is 2. The van der Waals surface area contributed by atoms with Crippen molar-refractivity contribution in [2.45, 2.75) is 42.7 Å². The number of amides is 2. The van der Waals surface area contributed by atoms with E-state index in [0.717, 1.165) is 12.8 Å². The van der Waals surface area contributed by atoms with Gasteiger partial charge in [-0.2, -0.15) is 4.31 Å². The van der Waals surface area contributed by atoms with Crippen LogP contribution in [0.2, 0.25) is 0 Å². The first-order valence-corrected chi connectivity index (χ1v) is 12.6. The van der Waals surface area contributed by atoms with Crippen LogP contribution in [0.3, 0.4) is 0 Å². The Morgan fingerprint density at radius 3 is 2.62 bits per heavy atom. The van der Waals surface area contributed by atoms with Gasteiger partial charge in [0.1, 0.15) is 0 Å². The van der Waals surface area contributed by atoms with E-state index in [1.807, 2.05) is 0 Å². The van der Waals surface area contributed by atoms with E-state index in [1.54, 1.807) is 19.2 Å². The number of benzene rings is 1. The predicted octanol–water partition coefficient (Wildman–Crippen LogP) is 0.757. The second-order valence-electron chi connectivity index (χ2n) is 8.78. The molecule has 1 saturated carbocycles. The molecule has 176 valence electrons. The van der Waals surface area contributed by atoms with Crippen molar-refractivity contribution in [2.24, 2.45) is 11.8 Å². The molecule has 3 fully saturated rings. The van der Waals surface area contributed by atoms with Gasteiger partial charge in [0.25, 0.3) is 5.91 Å². The molecule has 4 unspecified atom stereocenters. The molecule has 10 heteroatoms. The zero-order valence-electron chi connectivity index (χ0n) is 18.3. The van der Waals surface area contributed by atoms with Crippen LogP contribution in [-0.2, 0) is 24.3 Å². The molecule has 2 amide bonds. The van der Waals surface area contributed by atoms with Crippen molar-refractivity contribution in [2.75, 3.05) is 40.0 Å². The van der Waals surface area contributed by atoms with Gasteiger partial charge in [-0.3, -0.25) is 9.59 Å². The normalized spacial score (nSPS) is 29.1. The number of fused-ring (bicyclic) bond motifs is 1. The summed E-state index contributed by atoms with van der Waals surface area (Å²) < 4.78 is 37.4. The highest BCUT2D eigenvalue weighted by Crippen LogP contribution is 2.35. The summed E-state index contributed by atoms with van der Waals surface area (Å²) in [6.45, 7) is 2.00. The Labute approximate surface area is 188 Å². The maximum absolute atomic E-state index is 12.8. The van der Waals surface area contributed by atoms with Crippen molar-refractivity contribution in [3.05, 3.63) is 29.8 Å². The van der Waals surface area contributed by atoms with Crippen molar-refractivity contribution >= 4 is 21.8 Å². The molecule has 1 aliphatic carbocycles. The highest BCUT2D eigenvalue weighted by atomic mass is 32.2. The van der Waals surface area contributed by atoms with Gasteiger partial charge in [-0.1, -0.05) is 0 Å². The SMILES string of the molecule is COCC1CC(=O)NC2CC(NC(=O)c3ccc(S(=O)(=O)N4CCOCC4)cc3)CCC12. The molecule has 1 aromatic rings. The fourth-order valence-electron chi connectivity index (χ4n) is 5.09. The van der Waals surface area contributed by atoms with Crippen molar-refractivity contribution in [1.82, 2.24) is 14.9 Å². The Balaban J connectivity index is 1.37. The Hall–Kier alpha value is -2.01. The average Bonchev–Trinajstić information content (AvgIpc) is 2.79. The monoisotopic (exact) mass is 465 g/mol. The van der Waals surface area contributed by atoms with Gasteiger partial charge in [0, 0.05) is 50.9 Å². The summed E-state index contributed by atoms with van der Waals surface area (Å²) in [5.41, 5.74) is 0.415. The molecular weight excluding hydrogens is 434 g/mol. The summed E-state index contributed by atoms with van der Waals surface area (Å²) in [5.74, 6) is 0.388. The van der Waals surface area contributed by atoms with Gasteiger partial charge in [-0.05, 0) is 55.4 Å². The minimum atomic E-state index is -3.59. The smallest absolute Gasteiger partial charge is 0.251 e. The van der Waals surface area contributed by atoms with Crippen molar-refractivity contribution < 1.29 is 27.5 Å². The molecule has 0 aromatic heterocycles. The van der Waals surface area contributed by atoms with Crippen LogP contribution < -0.4 is 10.6 Å². The molecule has 2 heterocycles. The lowest BCUT2D eigenvalue weighted by Gasteiger charge is -2.43. The predicted molar refractivity (Wildman–Crippen MR) is 117 cm³/mol. The molecule has 0 bridgehead atoms. The fourth-order valence-corrected chi connectivity index (χ4v) is 6.50. The number of hydrogen-bond acceptors (Lipinski definition) is 6. The average molecular weight is 466 g/mol. The van der Waals surface area contributed by atoms with E-state index in [-0.39, 0.29) is 34.7 Å². The lowest BCUT2D eigenvalue weighted by molar-refractivity contribution is -0.128. The highest BCUT2D eigenvalue weighted by Gasteiger charge is 2.41. The highest BCUT2D eigenvalue weighted by molar-refractivity contribution is 7.89. The molecule has 2 saturated heterocycles. The summed E-state index contributed by atoms with van der Waals surface area (Å²) in [7, 11) is -1.93. The zero-order chi connectivity index (χ0) is 22.7. The number of morpholine rings is 1. The third-order valence-electron chi connectivity index (χ3n) is 6.74. The van der Waals surface area contributed by atoms with E-state index in [4.69, 9.17) is 9.47 Å². The van der Waals surface area contributed by atoms with Gasteiger partial charge in [-0.15, -0.1) is 0 Å². The van der Waals surface area contributed by atoms with Crippen molar-refractivity contribution in [3.8, 4) is 0 Å². The van der Waals surface area contributed by atoms with Gasteiger partial charge in [0.15, 0.2) is 0 Å². The first-order valence-electron chi connectivity index (χ1n) is 11.2. The van der Waals surface area contributed by atoms with E-state index < -0.39 is 10.0 Å². The molecule has 32 heavy (non-hydrogen) atoms. The lowest BCUT2D eigenvalue weighted by Crippen LogP contribution is -2.56. The first kappa shape index (κ1) is 23.2. The van der Waals surface area contributed by atoms with Crippen LogP contribution in [0.25, 0.3) is 0 Å². The van der Waals surface area contributed by atoms with Crippen LogP contribution in [0, 0.1) is 11.8 Å². The molecule has 0 spiro atoms. The van der Waals surface area contributed by atoms with Gasteiger partial charge >= 0.3 is 0 Å². The van der Waals surface area contributed by atoms with Crippen LogP contribution in [0.5, 0.6) is 0 Å². The Bertz CT molecular complexity index is 929. The van der Waals surface area contributed by atoms with Crippen molar-refractivity contribution in [3.63, 3.8) is 0 Å². The zero-order valence-corrected chi connectivity index (χ0v) is 19.1. The van der Waals surface area contributed by atoms with E-state index in [0.29, 0.717) is 57.2 Å². The molecule has 9 nitrogen and oxygen atoms in total. The van der Waals surface area contributed by atoms with Crippen LogP contribution in [0.4, 0.5) is 0 Å². The van der Waals surface area contributed by atoms with Gasteiger partial charge in [-0.25, -0.2) is 8.42 Å². The third kappa shape index (κ3) is 4.98. The summed E-state index contributed by atoms with van der Waals surface area (Å²) in [5, 5.41) is 6.13. The van der Waals surface area contributed by atoms with Crippen LogP contribution in [-0.4, -0.2) is 76.6 Å². The number of methoxy groups -OCH3 is 1. The Kier molecular flexibility index (Phi) is 7.14. The van der Waals surface area contributed by atoms with Crippen LogP contribution in [0.15, 0.2) is 29.2 Å². The maximum atomic E-state index is 12.8. The molecule has 4 atom stereocenters. The second-order valence-corrected chi connectivity index (χ2v) is 10.7. The summed E-state index contributed by atoms with van der Waals surface area (Å²) in [4.78, 5) is 25.0. The van der Waals surface area contributed by atoms with E-state index in [2.05, 4.69) is 10.6 Å². The van der Waals surface area contributed by atoms with E-state index in [1.165, 1.54) is 16.4 Å². The largest absolute Gasteiger partial charge is 0.384 e. The Morgan fingerprint density at radius 2 is 1.94 bits per heavy atom. The molecule has 4 rings (SSSR count). The number of hydrogen-bond donors (Lipinski definition) is 2. The lowest BCUT2D eigenvalue weighted by atomic mass is 9.71. The number of ether oxygens (including phenoxy) is 2. The van der Waals surface area contributed by atoms with Gasteiger partial charge in [0.05, 0.1) is 18.1 Å². The number of sulfonamides is 1. The molecule has 0 radical (unpaired) electrons. The number of carbonyl (C=O) groups excluding carboxylic acids is 2. The van der Waals surface area contributed by atoms with Gasteiger partial charge < -0.3 is 20.1 Å². The van der Waals surface area contributed by atoms with E-state index in [9.17, 15) is 18.0 Å². The standard InChI is InChI=1S/C22H31N3O6S/c1-30-14-16-12-21(26)24-20-13-17(4-7-19(16)20)23-22(27)15-2-5-18(6-3-15)32(28,29)25-8-10-31-11-9-25/h2-3,5-6,16-17,19-20H,4,7-14H2,1H3,(H,23,27)(H,24,26). The molecule has 2 aliphatic heterocycles. The number of piperidine rings is 1. The summed E-state index contributed by atoms with van der Waals surface area (Å²) in [6.07, 6.45) is 2.94. The minimum Gasteiger partial charge on any atom is -0.384 e. The third-order valence-corrected chi connectivity index (χ3v) is 8.66. The minimum absolute atomic E-state index is 0.0384. The maximum Gasteiger partial charge on any atom is 0.251 e. The van der Waals surface area contributed by atoms with E-state index >= 15 is 0 Å². The number of nitrogens with zero attached hydrogens (tertiary/aromatic N) is 1. The summed E-state index contributed by atoms with van der Waals surface area (Å²) in [6, 6.07) is 6.05. The summed E-state index contributed by atoms with van der Waals surface area (Å²) >= 11 is 0. The van der Waals surface area contributed by atoms with Crippen LogP contribution >= 0.6 is 0 Å². The topological polar surface area (TPSA) is 114 Å². The molecule has 2 N–H and O–H groups in total.